The van der Waals surface area contributed by atoms with Crippen molar-refractivity contribution in [1.29, 1.82) is 0 Å². The van der Waals surface area contributed by atoms with Crippen LogP contribution in [0.4, 0.5) is 5.69 Å². The zero-order valence-electron chi connectivity index (χ0n) is 13.3. The fraction of sp³-hybridized carbons (Fsp3) is 0.278. The van der Waals surface area contributed by atoms with Gasteiger partial charge >= 0.3 is 0 Å². The largest absolute Gasteiger partial charge is 0.506 e. The second-order valence-corrected chi connectivity index (χ2v) is 8.22. The van der Waals surface area contributed by atoms with Gasteiger partial charge in [0.1, 0.15) is 11.5 Å². The van der Waals surface area contributed by atoms with Gasteiger partial charge in [0.25, 0.3) is 5.91 Å². The highest BCUT2D eigenvalue weighted by molar-refractivity contribution is 8.19. The lowest BCUT2D eigenvalue weighted by Gasteiger charge is -2.11. The van der Waals surface area contributed by atoms with Gasteiger partial charge in [0.05, 0.1) is 10.3 Å². The van der Waals surface area contributed by atoms with E-state index in [1.54, 1.807) is 12.1 Å². The minimum atomic E-state index is -0.305. The van der Waals surface area contributed by atoms with Gasteiger partial charge < -0.3 is 15.2 Å². The van der Waals surface area contributed by atoms with Crippen molar-refractivity contribution in [3.8, 4) is 11.5 Å². The molecule has 0 unspecified atom stereocenters. The number of hydrogen-bond donors (Lipinski definition) is 2. The molecule has 1 amide bonds. The molecule has 6 heteroatoms. The summed E-state index contributed by atoms with van der Waals surface area (Å²) in [5.74, 6) is 2.80. The zero-order valence-corrected chi connectivity index (χ0v) is 15.0. The van der Waals surface area contributed by atoms with Crippen molar-refractivity contribution < 1.29 is 14.6 Å². The van der Waals surface area contributed by atoms with Crippen LogP contribution in [0.2, 0.25) is 0 Å². The number of aromatic hydroxyl groups is 1. The summed E-state index contributed by atoms with van der Waals surface area (Å²) in [7, 11) is 0. The van der Waals surface area contributed by atoms with Gasteiger partial charge in [-0.05, 0) is 42.3 Å². The summed E-state index contributed by atoms with van der Waals surface area (Å²) in [6.07, 6.45) is 0. The maximum atomic E-state index is 11.9. The highest BCUT2D eigenvalue weighted by Crippen LogP contribution is 2.45. The zero-order chi connectivity index (χ0) is 16.9. The predicted molar refractivity (Wildman–Crippen MR) is 101 cm³/mol. The number of thioether (sulfide) groups is 2. The summed E-state index contributed by atoms with van der Waals surface area (Å²) in [6.45, 7) is 1.78. The topological polar surface area (TPSA) is 58.6 Å². The Morgan fingerprint density at radius 2 is 1.92 bits per heavy atom. The van der Waals surface area contributed by atoms with Crippen molar-refractivity contribution in [3.63, 3.8) is 0 Å². The second kappa shape index (κ2) is 7.85. The number of phenolic OH excluding ortho intramolecular Hbond substituents is 1. The number of amides is 1. The Hall–Kier alpha value is -1.79. The SMILES string of the molecule is Cc1ccc(NC(=O)COc2ccc(C3SCCS3)cc2)c(O)c1. The minimum absolute atomic E-state index is 0.0549. The van der Waals surface area contributed by atoms with Crippen LogP contribution in [0.3, 0.4) is 0 Å². The molecule has 1 aliphatic heterocycles. The van der Waals surface area contributed by atoms with Crippen LogP contribution in [-0.2, 0) is 4.79 Å². The summed E-state index contributed by atoms with van der Waals surface area (Å²) in [5, 5.41) is 12.4. The molecule has 0 aromatic heterocycles. The molecule has 0 aliphatic carbocycles. The molecule has 0 saturated carbocycles. The van der Waals surface area contributed by atoms with Gasteiger partial charge in [-0.1, -0.05) is 18.2 Å². The first kappa shape index (κ1) is 17.0. The van der Waals surface area contributed by atoms with Crippen molar-refractivity contribution in [2.45, 2.75) is 11.5 Å². The monoisotopic (exact) mass is 361 g/mol. The Morgan fingerprint density at radius 1 is 1.21 bits per heavy atom. The van der Waals surface area contributed by atoms with Crippen LogP contribution < -0.4 is 10.1 Å². The van der Waals surface area contributed by atoms with Gasteiger partial charge in [-0.3, -0.25) is 4.79 Å². The average molecular weight is 361 g/mol. The van der Waals surface area contributed by atoms with E-state index in [0.29, 0.717) is 16.0 Å². The molecule has 1 aliphatic rings. The Kier molecular flexibility index (Phi) is 5.58. The molecule has 2 aromatic carbocycles. The second-order valence-electron chi connectivity index (χ2n) is 5.50. The van der Waals surface area contributed by atoms with Crippen LogP contribution in [-0.4, -0.2) is 29.1 Å². The number of hydrogen-bond acceptors (Lipinski definition) is 5. The van der Waals surface area contributed by atoms with E-state index in [9.17, 15) is 9.90 Å². The lowest BCUT2D eigenvalue weighted by atomic mass is 10.2. The van der Waals surface area contributed by atoms with E-state index < -0.39 is 0 Å². The highest BCUT2D eigenvalue weighted by atomic mass is 32.2. The minimum Gasteiger partial charge on any atom is -0.506 e. The molecule has 0 bridgehead atoms. The van der Waals surface area contributed by atoms with Crippen molar-refractivity contribution in [2.24, 2.45) is 0 Å². The number of carbonyl (C=O) groups excluding carboxylic acids is 1. The van der Waals surface area contributed by atoms with E-state index in [1.807, 2.05) is 48.6 Å². The standard InChI is InChI=1S/C18H19NO3S2/c1-12-2-7-15(16(20)10-12)19-17(21)11-22-14-5-3-13(4-6-14)18-23-8-9-24-18/h2-7,10,18,20H,8-9,11H2,1H3,(H,19,21). The molecule has 0 radical (unpaired) electrons. The number of ether oxygens (including phenoxy) is 1. The van der Waals surface area contributed by atoms with E-state index in [0.717, 1.165) is 5.56 Å². The number of anilines is 1. The Labute approximate surface area is 150 Å². The molecule has 1 fully saturated rings. The maximum Gasteiger partial charge on any atom is 0.262 e. The van der Waals surface area contributed by atoms with Gasteiger partial charge in [-0.25, -0.2) is 0 Å². The van der Waals surface area contributed by atoms with Crippen LogP contribution >= 0.6 is 23.5 Å². The van der Waals surface area contributed by atoms with Crippen LogP contribution in [0, 0.1) is 6.92 Å². The fourth-order valence-electron chi connectivity index (χ4n) is 2.35. The number of rotatable bonds is 5. The van der Waals surface area contributed by atoms with E-state index in [4.69, 9.17) is 4.74 Å². The first-order valence-electron chi connectivity index (χ1n) is 7.67. The Balaban J connectivity index is 1.52. The summed E-state index contributed by atoms with van der Waals surface area (Å²) >= 11 is 3.91. The molecular weight excluding hydrogens is 342 g/mol. The molecule has 2 N–H and O–H groups in total. The first-order chi connectivity index (χ1) is 11.6. The first-order valence-corrected chi connectivity index (χ1v) is 9.77. The number of nitrogens with one attached hydrogen (secondary N) is 1. The Morgan fingerprint density at radius 3 is 2.58 bits per heavy atom. The van der Waals surface area contributed by atoms with Crippen molar-refractivity contribution >= 4 is 35.1 Å². The molecular formula is C18H19NO3S2. The summed E-state index contributed by atoms with van der Waals surface area (Å²) in [6, 6.07) is 13.0. The van der Waals surface area contributed by atoms with Crippen LogP contribution in [0.1, 0.15) is 15.7 Å². The van der Waals surface area contributed by atoms with E-state index in [2.05, 4.69) is 17.4 Å². The third kappa shape index (κ3) is 4.39. The van der Waals surface area contributed by atoms with Crippen LogP contribution in [0.15, 0.2) is 42.5 Å². The number of carbonyl (C=O) groups is 1. The number of aryl methyl sites for hydroxylation is 1. The lowest BCUT2D eigenvalue weighted by molar-refractivity contribution is -0.118. The van der Waals surface area contributed by atoms with Gasteiger partial charge in [-0.15, -0.1) is 23.5 Å². The summed E-state index contributed by atoms with van der Waals surface area (Å²) in [4.78, 5) is 11.9. The molecule has 0 atom stereocenters. The summed E-state index contributed by atoms with van der Waals surface area (Å²) < 4.78 is 6.02. The molecule has 4 nitrogen and oxygen atoms in total. The summed E-state index contributed by atoms with van der Waals surface area (Å²) in [5.41, 5.74) is 2.60. The van der Waals surface area contributed by atoms with Gasteiger partial charge in [0.2, 0.25) is 0 Å². The number of phenols is 1. The van der Waals surface area contributed by atoms with Crippen molar-refractivity contribution in [1.82, 2.24) is 0 Å². The molecule has 0 spiro atoms. The van der Waals surface area contributed by atoms with Gasteiger partial charge in [0.15, 0.2) is 6.61 Å². The molecule has 1 saturated heterocycles. The smallest absolute Gasteiger partial charge is 0.262 e. The van der Waals surface area contributed by atoms with Crippen LogP contribution in [0.25, 0.3) is 0 Å². The molecule has 126 valence electrons. The Bertz CT molecular complexity index is 713. The maximum absolute atomic E-state index is 11.9. The molecule has 3 rings (SSSR count). The normalized spacial score (nSPS) is 14.5. The average Bonchev–Trinajstić information content (AvgIpc) is 3.11. The van der Waals surface area contributed by atoms with Gasteiger partial charge in [0, 0.05) is 11.5 Å². The van der Waals surface area contributed by atoms with Crippen LogP contribution in [0.5, 0.6) is 11.5 Å². The van der Waals surface area contributed by atoms with Gasteiger partial charge in [-0.2, -0.15) is 0 Å². The van der Waals surface area contributed by atoms with Crippen molar-refractivity contribution in [2.75, 3.05) is 23.4 Å². The predicted octanol–water partition coefficient (Wildman–Crippen LogP) is 4.20. The number of benzene rings is 2. The quantitative estimate of drug-likeness (QED) is 0.782. The van der Waals surface area contributed by atoms with E-state index in [-0.39, 0.29) is 18.3 Å². The molecule has 1 heterocycles. The third-order valence-electron chi connectivity index (χ3n) is 3.57. The highest BCUT2D eigenvalue weighted by Gasteiger charge is 2.18. The lowest BCUT2D eigenvalue weighted by Crippen LogP contribution is -2.20. The molecule has 24 heavy (non-hydrogen) atoms. The third-order valence-corrected chi connectivity index (χ3v) is 6.68. The van der Waals surface area contributed by atoms with Crippen molar-refractivity contribution in [3.05, 3.63) is 53.6 Å². The fourth-order valence-corrected chi connectivity index (χ4v) is 5.21. The van der Waals surface area contributed by atoms with E-state index >= 15 is 0 Å². The van der Waals surface area contributed by atoms with E-state index in [1.165, 1.54) is 17.1 Å². The molecule has 2 aromatic rings.